The van der Waals surface area contributed by atoms with Gasteiger partial charge in [-0.1, -0.05) is 19.0 Å². The van der Waals surface area contributed by atoms with Gasteiger partial charge in [-0.3, -0.25) is 0 Å². The van der Waals surface area contributed by atoms with Crippen LogP contribution in [0.5, 0.6) is 0 Å². The molecule has 0 aromatic carbocycles. The van der Waals surface area contributed by atoms with E-state index in [1.165, 1.54) is 0 Å². The van der Waals surface area contributed by atoms with Crippen molar-refractivity contribution in [2.24, 2.45) is 0 Å². The summed E-state index contributed by atoms with van der Waals surface area (Å²) >= 11 is 0. The molecule has 3 aromatic heterocycles. The van der Waals surface area contributed by atoms with Crippen LogP contribution in [0.25, 0.3) is 11.5 Å². The summed E-state index contributed by atoms with van der Waals surface area (Å²) in [5, 5.41) is 12.6. The number of hydrogen-bond donors (Lipinski definition) is 0. The Labute approximate surface area is 165 Å². The summed E-state index contributed by atoms with van der Waals surface area (Å²) in [5.74, 6) is 3.84. The molecule has 1 atom stereocenters. The molecule has 0 N–H and O–H groups in total. The highest BCUT2D eigenvalue weighted by atomic mass is 16.5. The van der Waals surface area contributed by atoms with Crippen molar-refractivity contribution < 1.29 is 4.52 Å². The van der Waals surface area contributed by atoms with E-state index in [2.05, 4.69) is 62.5 Å². The van der Waals surface area contributed by atoms with Gasteiger partial charge >= 0.3 is 0 Å². The molecule has 1 unspecified atom stereocenters. The van der Waals surface area contributed by atoms with Crippen molar-refractivity contribution in [1.82, 2.24) is 29.9 Å². The lowest BCUT2D eigenvalue weighted by Crippen LogP contribution is -2.36. The van der Waals surface area contributed by atoms with Crippen LogP contribution < -0.4 is 4.90 Å². The van der Waals surface area contributed by atoms with Crippen molar-refractivity contribution in [3.63, 3.8) is 0 Å². The van der Waals surface area contributed by atoms with E-state index in [1.54, 1.807) is 0 Å². The average Bonchev–Trinajstić information content (AvgIpc) is 3.38. The fourth-order valence-corrected chi connectivity index (χ4v) is 3.65. The van der Waals surface area contributed by atoms with E-state index in [4.69, 9.17) is 4.52 Å². The molecule has 1 aliphatic rings. The largest absolute Gasteiger partial charge is 0.356 e. The molecule has 1 saturated heterocycles. The molecule has 0 aliphatic carbocycles. The van der Waals surface area contributed by atoms with Crippen molar-refractivity contribution in [1.29, 1.82) is 0 Å². The zero-order valence-electron chi connectivity index (χ0n) is 16.9. The summed E-state index contributed by atoms with van der Waals surface area (Å²) in [5.41, 5.74) is 0.900. The lowest BCUT2D eigenvalue weighted by molar-refractivity contribution is 0.419. The van der Waals surface area contributed by atoms with Gasteiger partial charge in [-0.15, -0.1) is 10.2 Å². The van der Waals surface area contributed by atoms with E-state index < -0.39 is 0 Å². The molecule has 4 heterocycles. The van der Waals surface area contributed by atoms with Crippen LogP contribution in [0, 0.1) is 0 Å². The Morgan fingerprint density at radius 2 is 2.07 bits per heavy atom. The first-order chi connectivity index (χ1) is 13.5. The third kappa shape index (κ3) is 3.63. The van der Waals surface area contributed by atoms with E-state index in [0.717, 1.165) is 49.0 Å². The Balaban J connectivity index is 1.56. The molecule has 8 heteroatoms. The number of anilines is 1. The van der Waals surface area contributed by atoms with E-state index >= 15 is 0 Å². The highest BCUT2D eigenvalue weighted by molar-refractivity contribution is 5.59. The molecule has 1 aliphatic heterocycles. The monoisotopic (exact) mass is 381 g/mol. The zero-order valence-corrected chi connectivity index (χ0v) is 16.9. The fourth-order valence-electron chi connectivity index (χ4n) is 3.65. The molecular weight excluding hydrogens is 354 g/mol. The second kappa shape index (κ2) is 7.69. The van der Waals surface area contributed by atoms with E-state index in [-0.39, 0.29) is 5.92 Å². The highest BCUT2D eigenvalue weighted by Crippen LogP contribution is 2.30. The van der Waals surface area contributed by atoms with Crippen molar-refractivity contribution in [2.75, 3.05) is 18.0 Å². The van der Waals surface area contributed by atoms with Crippen LogP contribution in [-0.2, 0) is 0 Å². The van der Waals surface area contributed by atoms with Crippen LogP contribution in [0.4, 0.5) is 5.82 Å². The Morgan fingerprint density at radius 1 is 1.21 bits per heavy atom. The van der Waals surface area contributed by atoms with Crippen molar-refractivity contribution in [3.8, 4) is 11.5 Å². The van der Waals surface area contributed by atoms with Gasteiger partial charge in [0, 0.05) is 42.7 Å². The maximum absolute atomic E-state index is 5.45. The summed E-state index contributed by atoms with van der Waals surface area (Å²) < 4.78 is 7.62. The standard InChI is InChI=1S/C20H27N7O/c1-13(2)18-23-20(28-25-18)15-7-8-21-17(10-15)26-9-5-6-16(11-26)19-24-22-12-27(19)14(3)4/h7-8,10,12-14,16H,5-6,9,11H2,1-4H3. The summed E-state index contributed by atoms with van der Waals surface area (Å²) in [6.45, 7) is 10.3. The van der Waals surface area contributed by atoms with E-state index in [1.807, 2.05) is 24.7 Å². The van der Waals surface area contributed by atoms with Crippen molar-refractivity contribution >= 4 is 5.82 Å². The number of hydrogen-bond acceptors (Lipinski definition) is 7. The molecule has 0 saturated carbocycles. The second-order valence-corrected chi connectivity index (χ2v) is 7.99. The van der Waals surface area contributed by atoms with Crippen molar-refractivity contribution in [2.45, 2.75) is 58.4 Å². The van der Waals surface area contributed by atoms with Crippen LogP contribution in [0.15, 0.2) is 29.2 Å². The average molecular weight is 381 g/mol. The third-order valence-corrected chi connectivity index (χ3v) is 5.22. The Morgan fingerprint density at radius 3 is 2.82 bits per heavy atom. The molecule has 0 amide bonds. The second-order valence-electron chi connectivity index (χ2n) is 7.99. The van der Waals surface area contributed by atoms with Gasteiger partial charge in [0.15, 0.2) is 5.82 Å². The van der Waals surface area contributed by atoms with Gasteiger partial charge in [-0.05, 0) is 38.8 Å². The van der Waals surface area contributed by atoms with Gasteiger partial charge in [0.05, 0.1) is 0 Å². The Bertz CT molecular complexity index is 930. The van der Waals surface area contributed by atoms with Gasteiger partial charge < -0.3 is 14.0 Å². The number of pyridine rings is 1. The maximum atomic E-state index is 5.45. The lowest BCUT2D eigenvalue weighted by Gasteiger charge is -2.33. The predicted molar refractivity (Wildman–Crippen MR) is 106 cm³/mol. The third-order valence-electron chi connectivity index (χ3n) is 5.22. The zero-order chi connectivity index (χ0) is 19.7. The van der Waals surface area contributed by atoms with Gasteiger partial charge in [-0.2, -0.15) is 4.98 Å². The van der Waals surface area contributed by atoms with Crippen molar-refractivity contribution in [3.05, 3.63) is 36.3 Å². The number of rotatable bonds is 5. The summed E-state index contributed by atoms with van der Waals surface area (Å²) in [7, 11) is 0. The number of piperidine rings is 1. The van der Waals surface area contributed by atoms with E-state index in [9.17, 15) is 0 Å². The van der Waals surface area contributed by atoms with Crippen LogP contribution in [0.3, 0.4) is 0 Å². The molecule has 28 heavy (non-hydrogen) atoms. The molecule has 8 nitrogen and oxygen atoms in total. The minimum Gasteiger partial charge on any atom is -0.356 e. The molecular formula is C20H27N7O. The first kappa shape index (κ1) is 18.6. The van der Waals surface area contributed by atoms with Gasteiger partial charge in [0.25, 0.3) is 5.89 Å². The molecule has 3 aromatic rings. The molecule has 148 valence electrons. The summed E-state index contributed by atoms with van der Waals surface area (Å²) in [6, 6.07) is 4.31. The minimum atomic E-state index is 0.236. The first-order valence-corrected chi connectivity index (χ1v) is 9.97. The molecule has 0 radical (unpaired) electrons. The Hall–Kier alpha value is -2.77. The van der Waals surface area contributed by atoms with E-state index in [0.29, 0.717) is 17.9 Å². The maximum Gasteiger partial charge on any atom is 0.258 e. The Kier molecular flexibility index (Phi) is 5.11. The fraction of sp³-hybridized carbons (Fsp3) is 0.550. The predicted octanol–water partition coefficient (Wildman–Crippen LogP) is 3.81. The van der Waals surface area contributed by atoms with Gasteiger partial charge in [0.2, 0.25) is 0 Å². The van der Waals surface area contributed by atoms with Crippen LogP contribution >= 0.6 is 0 Å². The number of nitrogens with zero attached hydrogens (tertiary/aromatic N) is 7. The van der Waals surface area contributed by atoms with Crippen LogP contribution in [-0.4, -0.2) is 43.0 Å². The summed E-state index contributed by atoms with van der Waals surface area (Å²) in [4.78, 5) is 11.4. The first-order valence-electron chi connectivity index (χ1n) is 9.97. The quantitative estimate of drug-likeness (QED) is 0.664. The smallest absolute Gasteiger partial charge is 0.258 e. The summed E-state index contributed by atoms with van der Waals surface area (Å²) in [6.07, 6.45) is 5.85. The molecule has 0 bridgehead atoms. The van der Waals surface area contributed by atoms with Gasteiger partial charge in [-0.25, -0.2) is 4.98 Å². The SMILES string of the molecule is CC(C)c1noc(-c2ccnc(N3CCCC(c4nncn4C(C)C)C3)c2)n1. The molecule has 4 rings (SSSR count). The normalized spacial score (nSPS) is 17.6. The molecule has 1 fully saturated rings. The number of aromatic nitrogens is 6. The minimum absolute atomic E-state index is 0.236. The lowest BCUT2D eigenvalue weighted by atomic mass is 9.96. The van der Waals surface area contributed by atoms with Gasteiger partial charge in [0.1, 0.15) is 18.0 Å². The van der Waals surface area contributed by atoms with Crippen LogP contribution in [0.1, 0.15) is 70.1 Å². The highest BCUT2D eigenvalue weighted by Gasteiger charge is 2.27. The topological polar surface area (TPSA) is 85.8 Å². The molecule has 0 spiro atoms. The van der Waals surface area contributed by atoms with Crippen LogP contribution in [0.2, 0.25) is 0 Å².